The van der Waals surface area contributed by atoms with Gasteiger partial charge in [0.2, 0.25) is 5.56 Å². The number of halogens is 1. The van der Waals surface area contributed by atoms with Crippen LogP contribution in [0.4, 0.5) is 14.9 Å². The zero-order valence-electron chi connectivity index (χ0n) is 19.4. The molecule has 1 aromatic carbocycles. The first-order chi connectivity index (χ1) is 15.6. The van der Waals surface area contributed by atoms with E-state index in [0.29, 0.717) is 42.5 Å². The second-order valence-corrected chi connectivity index (χ2v) is 9.53. The zero-order chi connectivity index (χ0) is 23.8. The van der Waals surface area contributed by atoms with Crippen LogP contribution in [0.1, 0.15) is 39.2 Å². The highest BCUT2D eigenvalue weighted by Crippen LogP contribution is 2.37. The van der Waals surface area contributed by atoms with E-state index in [1.54, 1.807) is 12.3 Å². The monoisotopic (exact) mass is 452 g/mol. The minimum Gasteiger partial charge on any atom is -0.444 e. The number of fused-ring (bicyclic) bond motifs is 1. The molecular weight excluding hydrogens is 423 g/mol. The minimum atomic E-state index is -0.551. The number of pyridine rings is 2. The second kappa shape index (κ2) is 8.84. The SMILES string of the molecule is Cc1cc(F)cc(-c2cnc3ccc(=O)[nH]c3c2N2CCC(NC(=O)OC(C)(C)C)CC2)c1. The molecule has 0 spiro atoms. The van der Waals surface area contributed by atoms with Gasteiger partial charge >= 0.3 is 6.09 Å². The molecule has 3 aromatic rings. The number of rotatable bonds is 3. The number of H-pyrrole nitrogens is 1. The van der Waals surface area contributed by atoms with Gasteiger partial charge in [0.1, 0.15) is 11.4 Å². The molecule has 0 bridgehead atoms. The Kier molecular flexibility index (Phi) is 6.10. The third-order valence-electron chi connectivity index (χ3n) is 5.61. The molecule has 8 heteroatoms. The second-order valence-electron chi connectivity index (χ2n) is 9.53. The number of amides is 1. The molecule has 1 fully saturated rings. The molecule has 2 aromatic heterocycles. The van der Waals surface area contributed by atoms with E-state index in [4.69, 9.17) is 4.74 Å². The van der Waals surface area contributed by atoms with E-state index in [9.17, 15) is 14.0 Å². The number of benzene rings is 1. The van der Waals surface area contributed by atoms with Gasteiger partial charge < -0.3 is 19.9 Å². The highest BCUT2D eigenvalue weighted by Gasteiger charge is 2.26. The molecule has 7 nitrogen and oxygen atoms in total. The molecule has 33 heavy (non-hydrogen) atoms. The first-order valence-corrected chi connectivity index (χ1v) is 11.1. The fourth-order valence-corrected chi connectivity index (χ4v) is 4.24. The Hall–Kier alpha value is -3.42. The Balaban J connectivity index is 1.66. The molecule has 4 rings (SSSR count). The molecule has 1 amide bonds. The van der Waals surface area contributed by atoms with Gasteiger partial charge in [-0.15, -0.1) is 0 Å². The summed E-state index contributed by atoms with van der Waals surface area (Å²) < 4.78 is 19.6. The molecule has 1 saturated heterocycles. The number of nitrogens with one attached hydrogen (secondary N) is 2. The van der Waals surface area contributed by atoms with Gasteiger partial charge in [-0.05, 0) is 69.9 Å². The van der Waals surface area contributed by atoms with Crippen molar-refractivity contribution in [1.29, 1.82) is 0 Å². The van der Waals surface area contributed by atoms with Crippen molar-refractivity contribution in [3.63, 3.8) is 0 Å². The van der Waals surface area contributed by atoms with Gasteiger partial charge in [0.15, 0.2) is 0 Å². The molecule has 2 N–H and O–H groups in total. The average Bonchev–Trinajstić information content (AvgIpc) is 2.71. The van der Waals surface area contributed by atoms with Crippen LogP contribution in [0.5, 0.6) is 0 Å². The maximum Gasteiger partial charge on any atom is 0.407 e. The Morgan fingerprint density at radius 1 is 1.21 bits per heavy atom. The number of hydrogen-bond donors (Lipinski definition) is 2. The van der Waals surface area contributed by atoms with Crippen molar-refractivity contribution in [3.05, 3.63) is 58.3 Å². The van der Waals surface area contributed by atoms with E-state index >= 15 is 0 Å². The number of aromatic amines is 1. The molecule has 1 aliphatic rings. The van der Waals surface area contributed by atoms with Crippen molar-refractivity contribution >= 4 is 22.8 Å². The van der Waals surface area contributed by atoms with Gasteiger partial charge in [0, 0.05) is 37.0 Å². The smallest absolute Gasteiger partial charge is 0.407 e. The van der Waals surface area contributed by atoms with Gasteiger partial charge in [-0.2, -0.15) is 0 Å². The first kappa shape index (κ1) is 22.8. The van der Waals surface area contributed by atoms with Gasteiger partial charge in [0.05, 0.1) is 16.7 Å². The molecule has 1 aliphatic heterocycles. The zero-order valence-corrected chi connectivity index (χ0v) is 19.4. The van der Waals surface area contributed by atoms with Crippen molar-refractivity contribution in [3.8, 4) is 11.1 Å². The average molecular weight is 453 g/mol. The summed E-state index contributed by atoms with van der Waals surface area (Å²) in [4.78, 5) is 33.9. The van der Waals surface area contributed by atoms with Crippen LogP contribution in [0.15, 0.2) is 41.3 Å². The van der Waals surface area contributed by atoms with E-state index < -0.39 is 11.7 Å². The largest absolute Gasteiger partial charge is 0.444 e. The molecule has 174 valence electrons. The summed E-state index contributed by atoms with van der Waals surface area (Å²) >= 11 is 0. The lowest BCUT2D eigenvalue weighted by molar-refractivity contribution is 0.0497. The van der Waals surface area contributed by atoms with Crippen LogP contribution < -0.4 is 15.8 Å². The molecular formula is C25H29FN4O3. The van der Waals surface area contributed by atoms with E-state index in [0.717, 1.165) is 16.8 Å². The highest BCUT2D eigenvalue weighted by molar-refractivity contribution is 5.97. The van der Waals surface area contributed by atoms with Crippen LogP contribution in [-0.4, -0.2) is 40.8 Å². The number of piperidine rings is 1. The van der Waals surface area contributed by atoms with Crippen molar-refractivity contribution in [2.75, 3.05) is 18.0 Å². The molecule has 0 atom stereocenters. The van der Waals surface area contributed by atoms with Crippen molar-refractivity contribution in [2.45, 2.75) is 52.2 Å². The van der Waals surface area contributed by atoms with Gasteiger partial charge in [-0.25, -0.2) is 9.18 Å². The van der Waals surface area contributed by atoms with Crippen LogP contribution in [0.2, 0.25) is 0 Å². The van der Waals surface area contributed by atoms with Crippen LogP contribution >= 0.6 is 0 Å². The summed E-state index contributed by atoms with van der Waals surface area (Å²) in [5.74, 6) is -0.321. The Labute approximate surface area is 192 Å². The van der Waals surface area contributed by atoms with E-state index in [-0.39, 0.29) is 17.4 Å². The summed E-state index contributed by atoms with van der Waals surface area (Å²) in [5, 5.41) is 2.95. The van der Waals surface area contributed by atoms with Crippen LogP contribution in [0.3, 0.4) is 0 Å². The van der Waals surface area contributed by atoms with Gasteiger partial charge in [-0.3, -0.25) is 9.78 Å². The third-order valence-corrected chi connectivity index (χ3v) is 5.61. The predicted molar refractivity (Wildman–Crippen MR) is 127 cm³/mol. The molecule has 0 aliphatic carbocycles. The number of ether oxygens (including phenoxy) is 1. The molecule has 3 heterocycles. The van der Waals surface area contributed by atoms with Crippen molar-refractivity contribution in [1.82, 2.24) is 15.3 Å². The van der Waals surface area contributed by atoms with E-state index in [1.165, 1.54) is 18.2 Å². The number of anilines is 1. The lowest BCUT2D eigenvalue weighted by Crippen LogP contribution is -2.46. The Morgan fingerprint density at radius 2 is 1.94 bits per heavy atom. The maximum atomic E-state index is 14.2. The summed E-state index contributed by atoms with van der Waals surface area (Å²) in [6, 6.07) is 8.00. The maximum absolute atomic E-state index is 14.2. The standard InChI is InChI=1S/C25H29FN4O3/c1-15-11-16(13-17(26)12-15)19-14-27-20-5-6-21(31)29-22(20)23(19)30-9-7-18(8-10-30)28-24(32)33-25(2,3)4/h5-6,11-14,18H,7-10H2,1-4H3,(H,28,32)(H,29,31). The van der Waals surface area contributed by atoms with E-state index in [2.05, 4.69) is 20.2 Å². The van der Waals surface area contributed by atoms with Crippen LogP contribution in [0.25, 0.3) is 22.2 Å². The van der Waals surface area contributed by atoms with Gasteiger partial charge in [-0.1, -0.05) is 6.07 Å². The van der Waals surface area contributed by atoms with Crippen molar-refractivity contribution < 1.29 is 13.9 Å². The summed E-state index contributed by atoms with van der Waals surface area (Å²) in [6.07, 6.45) is 2.73. The fourth-order valence-electron chi connectivity index (χ4n) is 4.24. The first-order valence-electron chi connectivity index (χ1n) is 11.1. The van der Waals surface area contributed by atoms with E-state index in [1.807, 2.05) is 33.8 Å². The number of alkyl carbamates (subject to hydrolysis) is 1. The number of hydrogen-bond acceptors (Lipinski definition) is 5. The van der Waals surface area contributed by atoms with Crippen LogP contribution in [0, 0.1) is 12.7 Å². The lowest BCUT2D eigenvalue weighted by Gasteiger charge is -2.35. The molecule has 0 unspecified atom stereocenters. The molecule has 0 radical (unpaired) electrons. The Morgan fingerprint density at radius 3 is 2.61 bits per heavy atom. The number of carbonyl (C=O) groups is 1. The van der Waals surface area contributed by atoms with Crippen LogP contribution in [-0.2, 0) is 4.74 Å². The molecule has 0 saturated carbocycles. The quantitative estimate of drug-likeness (QED) is 0.610. The van der Waals surface area contributed by atoms with Crippen molar-refractivity contribution in [2.24, 2.45) is 0 Å². The number of aryl methyl sites for hydroxylation is 1. The normalized spacial score (nSPS) is 15.0. The van der Waals surface area contributed by atoms with Gasteiger partial charge in [0.25, 0.3) is 0 Å². The summed E-state index contributed by atoms with van der Waals surface area (Å²) in [6.45, 7) is 8.65. The minimum absolute atomic E-state index is 0.0110. The number of nitrogens with zero attached hydrogens (tertiary/aromatic N) is 2. The number of aromatic nitrogens is 2. The number of carbonyl (C=O) groups excluding carboxylic acids is 1. The summed E-state index contributed by atoms with van der Waals surface area (Å²) in [5.41, 5.74) is 3.60. The summed E-state index contributed by atoms with van der Waals surface area (Å²) in [7, 11) is 0. The Bertz CT molecular complexity index is 1220. The topological polar surface area (TPSA) is 87.3 Å². The highest BCUT2D eigenvalue weighted by atomic mass is 19.1. The lowest BCUT2D eigenvalue weighted by atomic mass is 9.98. The predicted octanol–water partition coefficient (Wildman–Crippen LogP) is 4.53. The fraction of sp³-hybridized carbons (Fsp3) is 0.400. The third kappa shape index (κ3) is 5.32.